The Hall–Kier alpha value is -2.90. The molecule has 0 saturated carbocycles. The van der Waals surface area contributed by atoms with E-state index in [0.29, 0.717) is 30.5 Å². The van der Waals surface area contributed by atoms with Crippen LogP contribution in [0, 0.1) is 11.6 Å². The van der Waals surface area contributed by atoms with Gasteiger partial charge >= 0.3 is 0 Å². The Bertz CT molecular complexity index is 1050. The van der Waals surface area contributed by atoms with Gasteiger partial charge in [-0.05, 0) is 55.3 Å². The van der Waals surface area contributed by atoms with Crippen LogP contribution in [-0.2, 0) is 13.0 Å². The van der Waals surface area contributed by atoms with Gasteiger partial charge in [-0.1, -0.05) is 25.1 Å². The normalized spacial score (nSPS) is 17.3. The van der Waals surface area contributed by atoms with Crippen molar-refractivity contribution >= 4 is 5.95 Å². The molecular weight excluding hydrogens is 420 g/mol. The first-order valence-electron chi connectivity index (χ1n) is 11.6. The van der Waals surface area contributed by atoms with Crippen molar-refractivity contribution in [1.82, 2.24) is 19.8 Å². The molecule has 174 valence electrons. The second kappa shape index (κ2) is 10.8. The molecule has 4 rings (SSSR count). The molecule has 1 unspecified atom stereocenters. The zero-order chi connectivity index (χ0) is 23.2. The van der Waals surface area contributed by atoms with Gasteiger partial charge in [-0.15, -0.1) is 0 Å². The van der Waals surface area contributed by atoms with E-state index in [1.54, 1.807) is 6.20 Å². The summed E-state index contributed by atoms with van der Waals surface area (Å²) in [5, 5.41) is 3.16. The molecule has 3 aromatic rings. The van der Waals surface area contributed by atoms with Crippen molar-refractivity contribution in [1.29, 1.82) is 0 Å². The summed E-state index contributed by atoms with van der Waals surface area (Å²) in [4.78, 5) is 14.0. The number of aromatic nitrogens is 2. The molecule has 0 aliphatic carbocycles. The van der Waals surface area contributed by atoms with Gasteiger partial charge < -0.3 is 10.2 Å². The van der Waals surface area contributed by atoms with Gasteiger partial charge in [0.1, 0.15) is 11.6 Å². The number of piperazine rings is 1. The van der Waals surface area contributed by atoms with E-state index < -0.39 is 11.6 Å². The molecule has 5 nitrogen and oxygen atoms in total. The largest absolute Gasteiger partial charge is 0.354 e. The van der Waals surface area contributed by atoms with E-state index in [0.717, 1.165) is 50.0 Å². The van der Waals surface area contributed by atoms with Gasteiger partial charge in [0.2, 0.25) is 5.95 Å². The average molecular weight is 452 g/mol. The first-order chi connectivity index (χ1) is 16.0. The predicted octanol–water partition coefficient (Wildman–Crippen LogP) is 4.60. The quantitative estimate of drug-likeness (QED) is 0.542. The van der Waals surface area contributed by atoms with E-state index in [1.807, 2.05) is 6.07 Å². The molecular formula is C26H31F2N5. The van der Waals surface area contributed by atoms with Crippen LogP contribution in [-0.4, -0.2) is 58.5 Å². The van der Waals surface area contributed by atoms with Crippen LogP contribution in [0.1, 0.15) is 25.0 Å². The van der Waals surface area contributed by atoms with Crippen molar-refractivity contribution in [3.8, 4) is 11.3 Å². The zero-order valence-electron chi connectivity index (χ0n) is 19.3. The van der Waals surface area contributed by atoms with E-state index in [-0.39, 0.29) is 0 Å². The van der Waals surface area contributed by atoms with Crippen LogP contribution < -0.4 is 5.32 Å². The summed E-state index contributed by atoms with van der Waals surface area (Å²) in [5.41, 5.74) is 3.75. The van der Waals surface area contributed by atoms with Crippen LogP contribution in [0.2, 0.25) is 0 Å². The molecule has 0 spiro atoms. The van der Waals surface area contributed by atoms with Crippen molar-refractivity contribution < 1.29 is 8.78 Å². The Labute approximate surface area is 194 Å². The van der Waals surface area contributed by atoms with E-state index in [9.17, 15) is 8.78 Å². The van der Waals surface area contributed by atoms with Crippen molar-refractivity contribution in [2.45, 2.75) is 32.9 Å². The Kier molecular flexibility index (Phi) is 7.62. The standard InChI is InChI=1S/C26H31F2N5/c1-3-32-11-12-33(19(2)17-32)18-21-5-4-6-22(13-21)25-8-10-30-26(31-25)29-9-7-20-14-23(27)16-24(28)15-20/h4-6,8,10,13-16,19H,3,7,9,11-12,17-18H2,1-2H3,(H,29,30,31). The van der Waals surface area contributed by atoms with Crippen LogP contribution in [0.3, 0.4) is 0 Å². The Morgan fingerprint density at radius 1 is 1.03 bits per heavy atom. The molecule has 0 amide bonds. The van der Waals surface area contributed by atoms with Gasteiger partial charge in [-0.2, -0.15) is 0 Å². The van der Waals surface area contributed by atoms with Gasteiger partial charge in [-0.3, -0.25) is 4.90 Å². The molecule has 2 heterocycles. The Morgan fingerprint density at radius 3 is 2.61 bits per heavy atom. The SMILES string of the molecule is CCN1CCN(Cc2cccc(-c3ccnc(NCCc4cc(F)cc(F)c4)n3)c2)C(C)C1. The maximum atomic E-state index is 13.4. The fourth-order valence-corrected chi connectivity index (χ4v) is 4.33. The van der Waals surface area contributed by atoms with Crippen LogP contribution in [0.25, 0.3) is 11.3 Å². The lowest BCUT2D eigenvalue weighted by Crippen LogP contribution is -2.51. The van der Waals surface area contributed by atoms with Crippen LogP contribution in [0.15, 0.2) is 54.7 Å². The van der Waals surface area contributed by atoms with E-state index >= 15 is 0 Å². The maximum Gasteiger partial charge on any atom is 0.223 e. The maximum absolute atomic E-state index is 13.4. The second-order valence-corrected chi connectivity index (χ2v) is 8.63. The molecule has 0 radical (unpaired) electrons. The lowest BCUT2D eigenvalue weighted by molar-refractivity contribution is 0.0812. The molecule has 1 N–H and O–H groups in total. The summed E-state index contributed by atoms with van der Waals surface area (Å²) in [6.07, 6.45) is 2.20. The second-order valence-electron chi connectivity index (χ2n) is 8.63. The molecule has 1 saturated heterocycles. The highest BCUT2D eigenvalue weighted by molar-refractivity contribution is 5.61. The summed E-state index contributed by atoms with van der Waals surface area (Å²) in [7, 11) is 0. The number of nitrogens with zero attached hydrogens (tertiary/aromatic N) is 4. The van der Waals surface area contributed by atoms with Gasteiger partial charge in [0.25, 0.3) is 0 Å². The van der Waals surface area contributed by atoms with Gasteiger partial charge in [0.15, 0.2) is 0 Å². The minimum absolute atomic E-state index is 0.473. The van der Waals surface area contributed by atoms with Gasteiger partial charge in [0, 0.05) is 56.6 Å². The number of anilines is 1. The smallest absolute Gasteiger partial charge is 0.223 e. The minimum Gasteiger partial charge on any atom is -0.354 e. The molecule has 1 aliphatic heterocycles. The van der Waals surface area contributed by atoms with E-state index in [1.165, 1.54) is 17.7 Å². The lowest BCUT2D eigenvalue weighted by atomic mass is 10.1. The minimum atomic E-state index is -0.565. The molecule has 2 aromatic carbocycles. The molecule has 1 aliphatic rings. The third-order valence-electron chi connectivity index (χ3n) is 6.18. The van der Waals surface area contributed by atoms with Crippen LogP contribution in [0.4, 0.5) is 14.7 Å². The summed E-state index contributed by atoms with van der Waals surface area (Å²) in [6, 6.07) is 14.5. The Morgan fingerprint density at radius 2 is 1.85 bits per heavy atom. The number of hydrogen-bond acceptors (Lipinski definition) is 5. The van der Waals surface area contributed by atoms with Crippen molar-refractivity contribution in [3.63, 3.8) is 0 Å². The molecule has 1 fully saturated rings. The lowest BCUT2D eigenvalue weighted by Gasteiger charge is -2.39. The highest BCUT2D eigenvalue weighted by Gasteiger charge is 2.22. The Balaban J connectivity index is 1.38. The third kappa shape index (κ3) is 6.33. The zero-order valence-corrected chi connectivity index (χ0v) is 19.3. The van der Waals surface area contributed by atoms with Crippen molar-refractivity contribution in [2.24, 2.45) is 0 Å². The highest BCUT2D eigenvalue weighted by atomic mass is 19.1. The van der Waals surface area contributed by atoms with E-state index in [4.69, 9.17) is 0 Å². The highest BCUT2D eigenvalue weighted by Crippen LogP contribution is 2.21. The number of benzene rings is 2. The summed E-state index contributed by atoms with van der Waals surface area (Å²) >= 11 is 0. The number of hydrogen-bond donors (Lipinski definition) is 1. The predicted molar refractivity (Wildman–Crippen MR) is 128 cm³/mol. The summed E-state index contributed by atoms with van der Waals surface area (Å²) in [5.74, 6) is -0.631. The first kappa shape index (κ1) is 23.3. The fraction of sp³-hybridized carbons (Fsp3) is 0.385. The molecule has 0 bridgehead atoms. The number of nitrogens with one attached hydrogen (secondary N) is 1. The summed E-state index contributed by atoms with van der Waals surface area (Å²) < 4.78 is 26.7. The van der Waals surface area contributed by atoms with Crippen molar-refractivity contribution in [2.75, 3.05) is 38.0 Å². The monoisotopic (exact) mass is 451 g/mol. The molecule has 7 heteroatoms. The summed E-state index contributed by atoms with van der Waals surface area (Å²) in [6.45, 7) is 10.3. The van der Waals surface area contributed by atoms with Crippen LogP contribution in [0.5, 0.6) is 0 Å². The average Bonchev–Trinajstić information content (AvgIpc) is 2.80. The number of likely N-dealkylation sites (N-methyl/N-ethyl adjacent to an activating group) is 1. The van der Waals surface area contributed by atoms with Crippen LogP contribution >= 0.6 is 0 Å². The first-order valence-corrected chi connectivity index (χ1v) is 11.6. The molecule has 33 heavy (non-hydrogen) atoms. The third-order valence-corrected chi connectivity index (χ3v) is 6.18. The topological polar surface area (TPSA) is 44.3 Å². The number of rotatable bonds is 8. The number of halogens is 2. The van der Waals surface area contributed by atoms with Gasteiger partial charge in [0.05, 0.1) is 5.69 Å². The van der Waals surface area contributed by atoms with Gasteiger partial charge in [-0.25, -0.2) is 18.7 Å². The fourth-order valence-electron chi connectivity index (χ4n) is 4.33. The van der Waals surface area contributed by atoms with E-state index in [2.05, 4.69) is 63.2 Å². The van der Waals surface area contributed by atoms with Crippen molar-refractivity contribution in [3.05, 3.63) is 77.5 Å². The molecule has 1 atom stereocenters. The molecule has 1 aromatic heterocycles.